The van der Waals surface area contributed by atoms with Gasteiger partial charge in [0.05, 0.1) is 5.70 Å². The van der Waals surface area contributed by atoms with Crippen molar-refractivity contribution in [1.29, 1.82) is 0 Å². The van der Waals surface area contributed by atoms with Gasteiger partial charge in [-0.15, -0.1) is 0 Å². The van der Waals surface area contributed by atoms with E-state index in [0.29, 0.717) is 0 Å². The summed E-state index contributed by atoms with van der Waals surface area (Å²) in [6.45, 7) is 3.23. The van der Waals surface area contributed by atoms with E-state index in [2.05, 4.69) is 61.4 Å². The van der Waals surface area contributed by atoms with Crippen LogP contribution in [0, 0.1) is 0 Å². The van der Waals surface area contributed by atoms with Gasteiger partial charge in [0, 0.05) is 20.6 Å². The van der Waals surface area contributed by atoms with E-state index in [4.69, 9.17) is 0 Å². The minimum absolute atomic E-state index is 1.03. The Labute approximate surface area is 85.4 Å². The van der Waals surface area contributed by atoms with Crippen molar-refractivity contribution in [3.05, 3.63) is 41.5 Å². The standard InChI is InChI=1S/C12H16N2/c1-10-9-13(2)14(3)12(10)11-7-5-4-6-8-11/h4-8H,9H2,1-3H3. The SMILES string of the molecule is CC1=C(c2ccccc2)N(C)N(C)C1. The molecule has 0 amide bonds. The first kappa shape index (κ1) is 9.28. The summed E-state index contributed by atoms with van der Waals surface area (Å²) in [5.74, 6) is 0. The van der Waals surface area contributed by atoms with E-state index in [0.717, 1.165) is 6.54 Å². The summed E-state index contributed by atoms with van der Waals surface area (Å²) >= 11 is 0. The highest BCUT2D eigenvalue weighted by atomic mass is 15.6. The molecule has 2 heteroatoms. The van der Waals surface area contributed by atoms with Gasteiger partial charge in [-0.25, -0.2) is 5.01 Å². The number of likely N-dealkylation sites (N-methyl/N-ethyl adjacent to an activating group) is 1. The average Bonchev–Trinajstić information content (AvgIpc) is 2.43. The molecule has 1 aromatic rings. The Morgan fingerprint density at radius 3 is 2.21 bits per heavy atom. The molecule has 1 aliphatic heterocycles. The zero-order valence-electron chi connectivity index (χ0n) is 8.99. The molecule has 0 fully saturated rings. The Balaban J connectivity index is 2.40. The second-order valence-electron chi connectivity index (χ2n) is 3.83. The Kier molecular flexibility index (Phi) is 2.30. The van der Waals surface area contributed by atoms with Crippen LogP contribution < -0.4 is 0 Å². The summed E-state index contributed by atoms with van der Waals surface area (Å²) in [7, 11) is 4.22. The largest absolute Gasteiger partial charge is 0.308 e. The second-order valence-corrected chi connectivity index (χ2v) is 3.83. The number of hydrogen-bond acceptors (Lipinski definition) is 2. The van der Waals surface area contributed by atoms with Crippen LogP contribution in [0.5, 0.6) is 0 Å². The Bertz CT molecular complexity index is 354. The molecule has 0 spiro atoms. The lowest BCUT2D eigenvalue weighted by Gasteiger charge is -2.24. The maximum absolute atomic E-state index is 2.22. The van der Waals surface area contributed by atoms with Gasteiger partial charge in [0.25, 0.3) is 0 Å². The van der Waals surface area contributed by atoms with Crippen LogP contribution in [-0.4, -0.2) is 30.7 Å². The molecule has 2 nitrogen and oxygen atoms in total. The third-order valence-electron chi connectivity index (χ3n) is 2.75. The molecule has 1 aliphatic rings. The molecule has 0 aromatic heterocycles. The lowest BCUT2D eigenvalue weighted by atomic mass is 10.1. The number of rotatable bonds is 1. The van der Waals surface area contributed by atoms with Gasteiger partial charge in [0.2, 0.25) is 0 Å². The molecule has 0 N–H and O–H groups in total. The van der Waals surface area contributed by atoms with Crippen LogP contribution in [0.1, 0.15) is 12.5 Å². The fraction of sp³-hybridized carbons (Fsp3) is 0.333. The molecular formula is C12H16N2. The first-order valence-corrected chi connectivity index (χ1v) is 4.90. The van der Waals surface area contributed by atoms with Crippen LogP contribution in [0.25, 0.3) is 5.70 Å². The number of benzene rings is 1. The highest BCUT2D eigenvalue weighted by molar-refractivity contribution is 5.68. The van der Waals surface area contributed by atoms with Gasteiger partial charge in [-0.05, 0) is 18.1 Å². The molecule has 14 heavy (non-hydrogen) atoms. The summed E-state index contributed by atoms with van der Waals surface area (Å²) in [4.78, 5) is 0. The van der Waals surface area contributed by atoms with E-state index in [1.54, 1.807) is 0 Å². The third-order valence-corrected chi connectivity index (χ3v) is 2.75. The molecule has 1 heterocycles. The normalized spacial score (nSPS) is 18.1. The molecule has 0 unspecified atom stereocenters. The second kappa shape index (κ2) is 3.46. The summed E-state index contributed by atoms with van der Waals surface area (Å²) < 4.78 is 0. The highest BCUT2D eigenvalue weighted by Crippen LogP contribution is 2.28. The van der Waals surface area contributed by atoms with Crippen LogP contribution in [0.3, 0.4) is 0 Å². The van der Waals surface area contributed by atoms with Gasteiger partial charge in [0.1, 0.15) is 0 Å². The molecule has 0 aliphatic carbocycles. The summed E-state index contributed by atoms with van der Waals surface area (Å²) in [5.41, 5.74) is 4.08. The summed E-state index contributed by atoms with van der Waals surface area (Å²) in [6, 6.07) is 10.5. The van der Waals surface area contributed by atoms with Crippen molar-refractivity contribution in [2.24, 2.45) is 0 Å². The molecule has 0 atom stereocenters. The molecule has 0 bridgehead atoms. The van der Waals surface area contributed by atoms with Crippen molar-refractivity contribution < 1.29 is 0 Å². The first-order chi connectivity index (χ1) is 6.70. The maximum atomic E-state index is 2.22. The average molecular weight is 188 g/mol. The van der Waals surface area contributed by atoms with Gasteiger partial charge in [-0.1, -0.05) is 30.3 Å². The predicted molar refractivity (Wildman–Crippen MR) is 59.4 cm³/mol. The minimum Gasteiger partial charge on any atom is -0.308 e. The monoisotopic (exact) mass is 188 g/mol. The van der Waals surface area contributed by atoms with Gasteiger partial charge in [0.15, 0.2) is 0 Å². The third kappa shape index (κ3) is 1.42. The van der Waals surface area contributed by atoms with Crippen LogP contribution in [0.15, 0.2) is 35.9 Å². The molecular weight excluding hydrogens is 172 g/mol. The summed E-state index contributed by atoms with van der Waals surface area (Å²) in [5, 5.41) is 4.43. The van der Waals surface area contributed by atoms with Crippen LogP contribution in [0.4, 0.5) is 0 Å². The van der Waals surface area contributed by atoms with Crippen molar-refractivity contribution in [3.63, 3.8) is 0 Å². The van der Waals surface area contributed by atoms with E-state index in [9.17, 15) is 0 Å². The number of hydrogen-bond donors (Lipinski definition) is 0. The lowest BCUT2D eigenvalue weighted by Crippen LogP contribution is -2.29. The fourth-order valence-electron chi connectivity index (χ4n) is 2.00. The van der Waals surface area contributed by atoms with Crippen LogP contribution >= 0.6 is 0 Å². The maximum Gasteiger partial charge on any atom is 0.0594 e. The molecule has 0 saturated carbocycles. The van der Waals surface area contributed by atoms with E-state index in [1.165, 1.54) is 16.8 Å². The first-order valence-electron chi connectivity index (χ1n) is 4.90. The zero-order chi connectivity index (χ0) is 10.1. The predicted octanol–water partition coefficient (Wildman–Crippen LogP) is 2.21. The van der Waals surface area contributed by atoms with Crippen LogP contribution in [0.2, 0.25) is 0 Å². The Morgan fingerprint density at radius 1 is 1.07 bits per heavy atom. The van der Waals surface area contributed by atoms with Crippen molar-refractivity contribution in [2.45, 2.75) is 6.92 Å². The van der Waals surface area contributed by atoms with Gasteiger partial charge < -0.3 is 5.01 Å². The fourth-order valence-corrected chi connectivity index (χ4v) is 2.00. The topological polar surface area (TPSA) is 6.48 Å². The van der Waals surface area contributed by atoms with E-state index < -0.39 is 0 Å². The summed E-state index contributed by atoms with van der Waals surface area (Å²) in [6.07, 6.45) is 0. The minimum atomic E-state index is 1.03. The number of nitrogens with zero attached hydrogens (tertiary/aromatic N) is 2. The molecule has 1 aromatic carbocycles. The Hall–Kier alpha value is -1.28. The molecule has 0 saturated heterocycles. The highest BCUT2D eigenvalue weighted by Gasteiger charge is 2.21. The van der Waals surface area contributed by atoms with Crippen molar-refractivity contribution in [3.8, 4) is 0 Å². The zero-order valence-corrected chi connectivity index (χ0v) is 8.99. The molecule has 74 valence electrons. The lowest BCUT2D eigenvalue weighted by molar-refractivity contribution is 0.127. The molecule has 2 rings (SSSR count). The van der Waals surface area contributed by atoms with Gasteiger partial charge >= 0.3 is 0 Å². The smallest absolute Gasteiger partial charge is 0.0594 e. The van der Waals surface area contributed by atoms with Crippen molar-refractivity contribution in [1.82, 2.24) is 10.0 Å². The Morgan fingerprint density at radius 2 is 1.71 bits per heavy atom. The molecule has 0 radical (unpaired) electrons. The van der Waals surface area contributed by atoms with E-state index in [-0.39, 0.29) is 0 Å². The van der Waals surface area contributed by atoms with Crippen molar-refractivity contribution in [2.75, 3.05) is 20.6 Å². The van der Waals surface area contributed by atoms with E-state index >= 15 is 0 Å². The number of hydrazine groups is 1. The van der Waals surface area contributed by atoms with Crippen molar-refractivity contribution >= 4 is 5.70 Å². The van der Waals surface area contributed by atoms with E-state index in [1.807, 2.05) is 0 Å². The van der Waals surface area contributed by atoms with Crippen LogP contribution in [-0.2, 0) is 0 Å². The quantitative estimate of drug-likeness (QED) is 0.666. The van der Waals surface area contributed by atoms with Gasteiger partial charge in [-0.3, -0.25) is 0 Å². The van der Waals surface area contributed by atoms with Gasteiger partial charge in [-0.2, -0.15) is 0 Å².